The number of benzene rings is 1. The van der Waals surface area contributed by atoms with E-state index in [0.717, 1.165) is 18.7 Å². The highest BCUT2D eigenvalue weighted by atomic mass is 35.5. The van der Waals surface area contributed by atoms with Gasteiger partial charge in [-0.1, -0.05) is 17.7 Å². The number of anilines is 2. The summed E-state index contributed by atoms with van der Waals surface area (Å²) in [5, 5.41) is 6.48. The van der Waals surface area contributed by atoms with Gasteiger partial charge in [0, 0.05) is 30.8 Å². The largest absolute Gasteiger partial charge is 0.385 e. The van der Waals surface area contributed by atoms with E-state index in [-0.39, 0.29) is 5.91 Å². The minimum absolute atomic E-state index is 0.240. The Morgan fingerprint density at radius 2 is 2.18 bits per heavy atom. The van der Waals surface area contributed by atoms with Crippen LogP contribution in [0.2, 0.25) is 5.02 Å². The van der Waals surface area contributed by atoms with E-state index in [0.29, 0.717) is 23.0 Å². The van der Waals surface area contributed by atoms with Gasteiger partial charge in [-0.05, 0) is 36.8 Å². The summed E-state index contributed by atoms with van der Waals surface area (Å²) >= 11 is 5.87. The van der Waals surface area contributed by atoms with Gasteiger partial charge >= 0.3 is 0 Å². The summed E-state index contributed by atoms with van der Waals surface area (Å²) in [5.41, 5.74) is 1.40. The summed E-state index contributed by atoms with van der Waals surface area (Å²) in [6, 6.07) is 10.4. The molecule has 2 N–H and O–H groups in total. The van der Waals surface area contributed by atoms with E-state index in [1.807, 2.05) is 6.07 Å². The monoisotopic (exact) mass is 319 g/mol. The van der Waals surface area contributed by atoms with Gasteiger partial charge in [0.2, 0.25) is 0 Å². The molecule has 0 saturated heterocycles. The van der Waals surface area contributed by atoms with Crippen LogP contribution < -0.4 is 10.6 Å². The number of aromatic nitrogens is 1. The summed E-state index contributed by atoms with van der Waals surface area (Å²) in [7, 11) is 1.68. The maximum atomic E-state index is 12.1. The van der Waals surface area contributed by atoms with Gasteiger partial charge in [0.25, 0.3) is 5.91 Å². The second kappa shape index (κ2) is 8.36. The molecule has 0 unspecified atom stereocenters. The lowest BCUT2D eigenvalue weighted by Crippen LogP contribution is -2.13. The number of carbonyl (C=O) groups excluding carboxylic acids is 1. The van der Waals surface area contributed by atoms with Crippen LogP contribution in [0.1, 0.15) is 16.8 Å². The van der Waals surface area contributed by atoms with Gasteiger partial charge in [0.15, 0.2) is 0 Å². The molecule has 0 aliphatic heterocycles. The Balaban J connectivity index is 1.89. The van der Waals surface area contributed by atoms with Crippen molar-refractivity contribution < 1.29 is 9.53 Å². The molecule has 1 heterocycles. The lowest BCUT2D eigenvalue weighted by molar-refractivity contribution is 0.102. The quantitative estimate of drug-likeness (QED) is 0.767. The van der Waals surface area contributed by atoms with Crippen LogP contribution in [0, 0.1) is 0 Å². The zero-order chi connectivity index (χ0) is 15.8. The van der Waals surface area contributed by atoms with Gasteiger partial charge in [-0.15, -0.1) is 0 Å². The van der Waals surface area contributed by atoms with Crippen molar-refractivity contribution >= 4 is 29.0 Å². The predicted octanol–water partition coefficient (Wildman–Crippen LogP) is 3.44. The van der Waals surface area contributed by atoms with Crippen LogP contribution in [0.4, 0.5) is 11.5 Å². The Bertz CT molecular complexity index is 617. The van der Waals surface area contributed by atoms with Crippen molar-refractivity contribution in [2.45, 2.75) is 6.42 Å². The summed E-state index contributed by atoms with van der Waals surface area (Å²) in [6.45, 7) is 1.53. The Kier molecular flexibility index (Phi) is 6.18. The highest BCUT2D eigenvalue weighted by Gasteiger charge is 2.07. The van der Waals surface area contributed by atoms with Crippen molar-refractivity contribution in [3.05, 3.63) is 53.2 Å². The van der Waals surface area contributed by atoms with Gasteiger partial charge in [0.05, 0.1) is 11.9 Å². The number of halogens is 1. The first-order valence-corrected chi connectivity index (χ1v) is 7.32. The normalized spacial score (nSPS) is 10.3. The highest BCUT2D eigenvalue weighted by Crippen LogP contribution is 2.14. The zero-order valence-electron chi connectivity index (χ0n) is 12.3. The number of pyridine rings is 1. The number of hydrogen-bond donors (Lipinski definition) is 2. The maximum Gasteiger partial charge on any atom is 0.256 e. The fourth-order valence-electron chi connectivity index (χ4n) is 1.84. The van der Waals surface area contributed by atoms with Crippen molar-refractivity contribution in [2.75, 3.05) is 30.9 Å². The van der Waals surface area contributed by atoms with Gasteiger partial charge in [-0.25, -0.2) is 4.98 Å². The Labute approximate surface area is 134 Å². The van der Waals surface area contributed by atoms with E-state index in [4.69, 9.17) is 16.3 Å². The third-order valence-electron chi connectivity index (χ3n) is 2.95. The number of nitrogens with one attached hydrogen (secondary N) is 2. The number of nitrogens with zero attached hydrogens (tertiary/aromatic N) is 1. The Morgan fingerprint density at radius 3 is 2.86 bits per heavy atom. The topological polar surface area (TPSA) is 63.2 Å². The number of amides is 1. The third kappa shape index (κ3) is 5.02. The first kappa shape index (κ1) is 16.3. The third-order valence-corrected chi connectivity index (χ3v) is 3.18. The molecule has 22 heavy (non-hydrogen) atoms. The van der Waals surface area contributed by atoms with Crippen LogP contribution in [0.3, 0.4) is 0 Å². The Morgan fingerprint density at radius 1 is 1.32 bits per heavy atom. The van der Waals surface area contributed by atoms with Crippen molar-refractivity contribution in [3.63, 3.8) is 0 Å². The lowest BCUT2D eigenvalue weighted by atomic mass is 10.2. The standard InChI is InChI=1S/C16H18ClN3O2/c1-22-9-3-8-18-14-6-7-15(19-11-14)20-16(21)12-4-2-5-13(17)10-12/h2,4-7,10-11,18H,3,8-9H2,1H3,(H,19,20,21). The molecule has 0 aliphatic carbocycles. The van der Waals surface area contributed by atoms with Crippen LogP contribution in [-0.2, 0) is 4.74 Å². The second-order valence-electron chi connectivity index (χ2n) is 4.67. The van der Waals surface area contributed by atoms with Gasteiger partial charge in [-0.3, -0.25) is 4.79 Å². The molecular weight excluding hydrogens is 302 g/mol. The summed E-state index contributed by atoms with van der Waals surface area (Å²) < 4.78 is 4.98. The average molecular weight is 320 g/mol. The summed E-state index contributed by atoms with van der Waals surface area (Å²) in [5.74, 6) is 0.253. The number of methoxy groups -OCH3 is 1. The molecule has 6 heteroatoms. The van der Waals surface area contributed by atoms with E-state index >= 15 is 0 Å². The zero-order valence-corrected chi connectivity index (χ0v) is 13.1. The fraction of sp³-hybridized carbons (Fsp3) is 0.250. The predicted molar refractivity (Wildman–Crippen MR) is 88.6 cm³/mol. The molecule has 0 fully saturated rings. The minimum Gasteiger partial charge on any atom is -0.385 e. The van der Waals surface area contributed by atoms with Crippen molar-refractivity contribution in [3.8, 4) is 0 Å². The molecule has 0 radical (unpaired) electrons. The molecule has 1 aromatic heterocycles. The van der Waals surface area contributed by atoms with Crippen LogP contribution in [0.25, 0.3) is 0 Å². The second-order valence-corrected chi connectivity index (χ2v) is 5.11. The Hall–Kier alpha value is -2.11. The van der Waals surface area contributed by atoms with E-state index < -0.39 is 0 Å². The molecule has 1 amide bonds. The van der Waals surface area contributed by atoms with E-state index in [1.54, 1.807) is 43.6 Å². The van der Waals surface area contributed by atoms with Crippen LogP contribution in [-0.4, -0.2) is 31.2 Å². The van der Waals surface area contributed by atoms with Crippen molar-refractivity contribution in [2.24, 2.45) is 0 Å². The molecular formula is C16H18ClN3O2. The van der Waals surface area contributed by atoms with E-state index in [2.05, 4.69) is 15.6 Å². The molecule has 0 atom stereocenters. The molecule has 2 aromatic rings. The molecule has 0 bridgehead atoms. The first-order valence-electron chi connectivity index (χ1n) is 6.95. The molecule has 0 saturated carbocycles. The first-order chi connectivity index (χ1) is 10.7. The number of ether oxygens (including phenoxy) is 1. The van der Waals surface area contributed by atoms with E-state index in [1.165, 1.54) is 0 Å². The smallest absolute Gasteiger partial charge is 0.256 e. The molecule has 0 spiro atoms. The van der Waals surface area contributed by atoms with Crippen LogP contribution >= 0.6 is 11.6 Å². The summed E-state index contributed by atoms with van der Waals surface area (Å²) in [4.78, 5) is 16.3. The van der Waals surface area contributed by atoms with Gasteiger partial charge < -0.3 is 15.4 Å². The van der Waals surface area contributed by atoms with Crippen molar-refractivity contribution in [1.82, 2.24) is 4.98 Å². The van der Waals surface area contributed by atoms with E-state index in [9.17, 15) is 4.79 Å². The van der Waals surface area contributed by atoms with Crippen LogP contribution in [0.15, 0.2) is 42.6 Å². The number of carbonyl (C=O) groups is 1. The number of rotatable bonds is 7. The SMILES string of the molecule is COCCCNc1ccc(NC(=O)c2cccc(Cl)c2)nc1. The van der Waals surface area contributed by atoms with Gasteiger partial charge in [-0.2, -0.15) is 0 Å². The summed E-state index contributed by atoms with van der Waals surface area (Å²) in [6.07, 6.45) is 2.60. The minimum atomic E-state index is -0.240. The molecule has 5 nitrogen and oxygen atoms in total. The number of hydrogen-bond acceptors (Lipinski definition) is 4. The molecule has 116 valence electrons. The average Bonchev–Trinajstić information content (AvgIpc) is 2.53. The molecule has 2 rings (SSSR count). The maximum absolute atomic E-state index is 12.1. The van der Waals surface area contributed by atoms with Gasteiger partial charge in [0.1, 0.15) is 5.82 Å². The fourth-order valence-corrected chi connectivity index (χ4v) is 2.03. The highest BCUT2D eigenvalue weighted by molar-refractivity contribution is 6.31. The van der Waals surface area contributed by atoms with Crippen molar-refractivity contribution in [1.29, 1.82) is 0 Å². The van der Waals surface area contributed by atoms with Crippen LogP contribution in [0.5, 0.6) is 0 Å². The lowest BCUT2D eigenvalue weighted by Gasteiger charge is -2.08. The molecule has 1 aromatic carbocycles. The molecule has 0 aliphatic rings.